The third kappa shape index (κ3) is 2.81. The van der Waals surface area contributed by atoms with Crippen molar-refractivity contribution in [2.24, 2.45) is 5.92 Å². The fourth-order valence-corrected chi connectivity index (χ4v) is 1.70. The van der Waals surface area contributed by atoms with Gasteiger partial charge in [-0.25, -0.2) is 8.78 Å². The van der Waals surface area contributed by atoms with E-state index >= 15 is 0 Å². The number of nitrogens with one attached hydrogen (secondary N) is 1. The summed E-state index contributed by atoms with van der Waals surface area (Å²) in [6, 6.07) is 0.364. The number of halogens is 3. The topological polar surface area (TPSA) is 69.6 Å². The lowest BCUT2D eigenvalue weighted by molar-refractivity contribution is 0.0895. The zero-order chi connectivity index (χ0) is 14.2. The highest BCUT2D eigenvalue weighted by Gasteiger charge is 2.30. The van der Waals surface area contributed by atoms with E-state index in [-0.39, 0.29) is 12.5 Å². The van der Waals surface area contributed by atoms with Crippen LogP contribution < -0.4 is 5.32 Å². The Balaban J connectivity index is 2.10. The van der Waals surface area contributed by atoms with E-state index in [2.05, 4.69) is 5.32 Å². The van der Waals surface area contributed by atoms with Gasteiger partial charge in [0.05, 0.1) is 11.7 Å². The second-order valence-electron chi connectivity index (χ2n) is 4.50. The van der Waals surface area contributed by atoms with Crippen molar-refractivity contribution in [1.29, 1.82) is 0 Å². The molecule has 0 aromatic heterocycles. The highest BCUT2D eigenvalue weighted by Crippen LogP contribution is 2.32. The van der Waals surface area contributed by atoms with Crippen LogP contribution in [0, 0.1) is 23.4 Å². The van der Waals surface area contributed by atoms with Crippen LogP contribution in [0.4, 0.5) is 13.2 Å². The molecule has 1 aliphatic carbocycles. The van der Waals surface area contributed by atoms with Crippen LogP contribution in [0.5, 0.6) is 5.75 Å². The molecule has 1 aromatic carbocycles. The molecule has 3 N–H and O–H groups in total. The van der Waals surface area contributed by atoms with Crippen LogP contribution in [0.1, 0.15) is 23.2 Å². The number of hydrogen-bond donors (Lipinski definition) is 3. The van der Waals surface area contributed by atoms with Crippen LogP contribution >= 0.6 is 0 Å². The number of amides is 1. The van der Waals surface area contributed by atoms with Gasteiger partial charge in [0.1, 0.15) is 0 Å². The second kappa shape index (κ2) is 5.08. The van der Waals surface area contributed by atoms with E-state index in [9.17, 15) is 23.1 Å². The number of rotatable bonds is 4. The fraction of sp³-hybridized carbons (Fsp3) is 0.417. The third-order valence-electron chi connectivity index (χ3n) is 3.02. The van der Waals surface area contributed by atoms with E-state index in [4.69, 9.17) is 5.11 Å². The average Bonchev–Trinajstić information content (AvgIpc) is 3.21. The molecule has 104 valence electrons. The molecule has 0 aliphatic heterocycles. The molecule has 1 fully saturated rings. The van der Waals surface area contributed by atoms with Gasteiger partial charge in [0, 0.05) is 6.54 Å². The first-order valence-corrected chi connectivity index (χ1v) is 5.74. The Kier molecular flexibility index (Phi) is 3.66. The Morgan fingerprint density at radius 1 is 1.37 bits per heavy atom. The molecule has 4 nitrogen and oxygen atoms in total. The van der Waals surface area contributed by atoms with E-state index in [1.165, 1.54) is 0 Å². The first-order valence-electron chi connectivity index (χ1n) is 5.74. The number of aliphatic hydroxyl groups is 1. The summed E-state index contributed by atoms with van der Waals surface area (Å²) < 4.78 is 39.2. The molecule has 7 heteroatoms. The van der Waals surface area contributed by atoms with Crippen molar-refractivity contribution in [2.45, 2.75) is 18.9 Å². The molecule has 1 atom stereocenters. The van der Waals surface area contributed by atoms with Crippen molar-refractivity contribution in [3.8, 4) is 5.75 Å². The van der Waals surface area contributed by atoms with Crippen LogP contribution in [0.2, 0.25) is 0 Å². The van der Waals surface area contributed by atoms with Crippen molar-refractivity contribution >= 4 is 5.91 Å². The Hall–Kier alpha value is -1.76. The number of aromatic hydroxyl groups is 1. The minimum absolute atomic E-state index is 0.108. The van der Waals surface area contributed by atoms with Crippen molar-refractivity contribution < 1.29 is 28.2 Å². The number of carbonyl (C=O) groups is 1. The summed E-state index contributed by atoms with van der Waals surface area (Å²) in [5, 5.41) is 20.7. The predicted molar refractivity (Wildman–Crippen MR) is 59.0 cm³/mol. The summed E-state index contributed by atoms with van der Waals surface area (Å²) >= 11 is 0. The van der Waals surface area contributed by atoms with Crippen LogP contribution in [-0.2, 0) is 0 Å². The molecule has 0 radical (unpaired) electrons. The summed E-state index contributed by atoms with van der Waals surface area (Å²) in [5.41, 5.74) is -0.806. The van der Waals surface area contributed by atoms with E-state index in [1.807, 2.05) is 0 Å². The lowest BCUT2D eigenvalue weighted by Gasteiger charge is -2.11. The Bertz CT molecular complexity index is 517. The standard InChI is InChI=1S/C12H12F3NO3/c13-7-3-6(9(14)11(18)10(7)15)12(19)16-4-8(17)5-1-2-5/h3,5,8,17-18H,1-2,4H2,(H,16,19). The first-order chi connectivity index (χ1) is 8.91. The molecule has 0 saturated heterocycles. The lowest BCUT2D eigenvalue weighted by atomic mass is 10.1. The summed E-state index contributed by atoms with van der Waals surface area (Å²) in [7, 11) is 0. The van der Waals surface area contributed by atoms with E-state index in [0.29, 0.717) is 6.07 Å². The van der Waals surface area contributed by atoms with Gasteiger partial charge in [0.2, 0.25) is 5.82 Å². The van der Waals surface area contributed by atoms with Crippen LogP contribution in [0.15, 0.2) is 6.07 Å². The summed E-state index contributed by atoms with van der Waals surface area (Å²) in [5.74, 6) is -7.24. The molecule has 1 aromatic rings. The molecular weight excluding hydrogens is 263 g/mol. The monoisotopic (exact) mass is 275 g/mol. The maximum absolute atomic E-state index is 13.4. The normalized spacial score (nSPS) is 16.2. The molecule has 0 spiro atoms. The average molecular weight is 275 g/mol. The zero-order valence-corrected chi connectivity index (χ0v) is 9.79. The Morgan fingerprint density at radius 3 is 2.58 bits per heavy atom. The molecule has 1 saturated carbocycles. The molecule has 0 heterocycles. The Labute approximate surface area is 106 Å². The quantitative estimate of drug-likeness (QED) is 0.726. The highest BCUT2D eigenvalue weighted by molar-refractivity contribution is 5.95. The van der Waals surface area contributed by atoms with Crippen molar-refractivity contribution in [1.82, 2.24) is 5.32 Å². The molecule has 19 heavy (non-hydrogen) atoms. The molecule has 1 aliphatic rings. The van der Waals surface area contributed by atoms with Crippen molar-refractivity contribution in [3.63, 3.8) is 0 Å². The van der Waals surface area contributed by atoms with E-state index in [0.717, 1.165) is 12.8 Å². The van der Waals surface area contributed by atoms with Gasteiger partial charge in [-0.1, -0.05) is 0 Å². The zero-order valence-electron chi connectivity index (χ0n) is 9.79. The SMILES string of the molecule is O=C(NCC(O)C1CC1)c1cc(F)c(F)c(O)c1F. The minimum atomic E-state index is -1.74. The highest BCUT2D eigenvalue weighted by atomic mass is 19.2. The lowest BCUT2D eigenvalue weighted by Crippen LogP contribution is -2.33. The number of phenolic OH excluding ortho intramolecular Hbond substituents is 1. The van der Waals surface area contributed by atoms with Gasteiger partial charge in [-0.15, -0.1) is 0 Å². The third-order valence-corrected chi connectivity index (χ3v) is 3.02. The van der Waals surface area contributed by atoms with Gasteiger partial charge in [0.15, 0.2) is 17.4 Å². The minimum Gasteiger partial charge on any atom is -0.503 e. The molecule has 0 bridgehead atoms. The number of hydrogen-bond acceptors (Lipinski definition) is 3. The summed E-state index contributed by atoms with van der Waals surface area (Å²) in [6.45, 7) is -0.108. The number of aliphatic hydroxyl groups excluding tert-OH is 1. The van der Waals surface area contributed by atoms with Gasteiger partial charge in [-0.05, 0) is 24.8 Å². The number of phenols is 1. The summed E-state index contributed by atoms with van der Waals surface area (Å²) in [6.07, 6.45) is 0.972. The van der Waals surface area contributed by atoms with Gasteiger partial charge in [-0.2, -0.15) is 4.39 Å². The number of benzene rings is 1. The predicted octanol–water partition coefficient (Wildman–Crippen LogP) is 1.31. The largest absolute Gasteiger partial charge is 0.503 e. The second-order valence-corrected chi connectivity index (χ2v) is 4.50. The van der Waals surface area contributed by atoms with Gasteiger partial charge < -0.3 is 15.5 Å². The maximum atomic E-state index is 13.4. The maximum Gasteiger partial charge on any atom is 0.254 e. The molecular formula is C12H12F3NO3. The number of carbonyl (C=O) groups excluding carboxylic acids is 1. The van der Waals surface area contributed by atoms with Crippen molar-refractivity contribution in [2.75, 3.05) is 6.54 Å². The molecule has 1 amide bonds. The summed E-state index contributed by atoms with van der Waals surface area (Å²) in [4.78, 5) is 11.6. The smallest absolute Gasteiger partial charge is 0.254 e. The van der Waals surface area contributed by atoms with Crippen LogP contribution in [0.3, 0.4) is 0 Å². The van der Waals surface area contributed by atoms with Gasteiger partial charge in [0.25, 0.3) is 5.91 Å². The van der Waals surface area contributed by atoms with Gasteiger partial charge in [-0.3, -0.25) is 4.79 Å². The molecule has 2 rings (SSSR count). The Morgan fingerprint density at radius 2 is 2.00 bits per heavy atom. The first kappa shape index (κ1) is 13.7. The fourth-order valence-electron chi connectivity index (χ4n) is 1.70. The van der Waals surface area contributed by atoms with Crippen LogP contribution in [0.25, 0.3) is 0 Å². The van der Waals surface area contributed by atoms with E-state index in [1.54, 1.807) is 0 Å². The van der Waals surface area contributed by atoms with Crippen molar-refractivity contribution in [3.05, 3.63) is 29.1 Å². The van der Waals surface area contributed by atoms with Gasteiger partial charge >= 0.3 is 0 Å². The van der Waals surface area contributed by atoms with E-state index < -0.39 is 40.8 Å². The van der Waals surface area contributed by atoms with Crippen LogP contribution in [-0.4, -0.2) is 28.8 Å². The molecule has 1 unspecified atom stereocenters.